The Morgan fingerprint density at radius 3 is 2.60 bits per heavy atom. The van der Waals surface area contributed by atoms with Gasteiger partial charge in [0.1, 0.15) is 5.57 Å². The third kappa shape index (κ3) is 3.92. The molecule has 1 aliphatic heterocycles. The summed E-state index contributed by atoms with van der Waals surface area (Å²) in [6.45, 7) is 3.70. The number of methoxy groups -OCH3 is 1. The maximum absolute atomic E-state index is 12.8. The van der Waals surface area contributed by atoms with Gasteiger partial charge in [-0.3, -0.25) is 25.1 Å². The number of nitro groups is 1. The number of hydrazine groups is 1. The maximum Gasteiger partial charge on any atom is 0.315 e. The van der Waals surface area contributed by atoms with E-state index in [0.717, 1.165) is 10.6 Å². The standard InChI is InChI=1S/C20H18ClN3O6/c1-4-30-18-16(24(27)28)8-12(9-17(18)29-3)7-14-19(25)22-23(20(14)26)13-6-5-11(2)15(21)10-13/h5-10H,4H2,1-3H3,(H,22,25). The normalized spacial score (nSPS) is 14.8. The van der Waals surface area contributed by atoms with Crippen LogP contribution in [0.15, 0.2) is 35.9 Å². The van der Waals surface area contributed by atoms with E-state index >= 15 is 0 Å². The van der Waals surface area contributed by atoms with Gasteiger partial charge in [-0.25, -0.2) is 5.01 Å². The van der Waals surface area contributed by atoms with Gasteiger partial charge in [0.25, 0.3) is 11.8 Å². The molecular formula is C20H18ClN3O6. The molecule has 1 heterocycles. The molecule has 0 unspecified atom stereocenters. The molecule has 2 amide bonds. The van der Waals surface area contributed by atoms with Gasteiger partial charge in [-0.05, 0) is 49.2 Å². The van der Waals surface area contributed by atoms with E-state index in [-0.39, 0.29) is 34.9 Å². The van der Waals surface area contributed by atoms with Crippen LogP contribution < -0.4 is 19.9 Å². The average Bonchev–Trinajstić information content (AvgIpc) is 2.99. The Hall–Kier alpha value is -3.59. The molecule has 0 spiro atoms. The highest BCUT2D eigenvalue weighted by atomic mass is 35.5. The molecule has 1 N–H and O–H groups in total. The molecule has 9 nitrogen and oxygen atoms in total. The minimum absolute atomic E-state index is 0.0229. The quantitative estimate of drug-likeness (QED) is 0.324. The van der Waals surface area contributed by atoms with E-state index in [1.165, 1.54) is 25.3 Å². The second-order valence-electron chi connectivity index (χ2n) is 6.33. The number of carbonyl (C=O) groups excluding carboxylic acids is 2. The first-order valence-electron chi connectivity index (χ1n) is 8.89. The molecular weight excluding hydrogens is 414 g/mol. The number of rotatable bonds is 6. The summed E-state index contributed by atoms with van der Waals surface area (Å²) in [5, 5.41) is 13.0. The van der Waals surface area contributed by atoms with Crippen LogP contribution >= 0.6 is 11.6 Å². The summed E-state index contributed by atoms with van der Waals surface area (Å²) < 4.78 is 10.5. The molecule has 0 aliphatic carbocycles. The molecule has 1 aliphatic rings. The lowest BCUT2D eigenvalue weighted by Crippen LogP contribution is -2.35. The molecule has 0 aromatic heterocycles. The van der Waals surface area contributed by atoms with Gasteiger partial charge in [-0.2, -0.15) is 0 Å². The number of benzene rings is 2. The summed E-state index contributed by atoms with van der Waals surface area (Å²) in [6, 6.07) is 7.60. The van der Waals surface area contributed by atoms with Crippen molar-refractivity contribution in [3.05, 3.63) is 62.2 Å². The van der Waals surface area contributed by atoms with E-state index in [2.05, 4.69) is 5.43 Å². The number of anilines is 1. The van der Waals surface area contributed by atoms with Crippen LogP contribution in [0.3, 0.4) is 0 Å². The Morgan fingerprint density at radius 2 is 2.00 bits per heavy atom. The summed E-state index contributed by atoms with van der Waals surface area (Å²) >= 11 is 6.11. The molecule has 2 aromatic rings. The molecule has 10 heteroatoms. The number of ether oxygens (including phenoxy) is 2. The molecule has 0 atom stereocenters. The number of aryl methyl sites for hydroxylation is 1. The van der Waals surface area contributed by atoms with E-state index in [9.17, 15) is 19.7 Å². The highest BCUT2D eigenvalue weighted by molar-refractivity contribution is 6.33. The topological polar surface area (TPSA) is 111 Å². The number of nitrogens with zero attached hydrogens (tertiary/aromatic N) is 2. The SMILES string of the molecule is CCOc1c(OC)cc(C=C2C(=O)NN(c3ccc(C)c(Cl)c3)C2=O)cc1[N+](=O)[O-]. The van der Waals surface area contributed by atoms with Gasteiger partial charge in [0.15, 0.2) is 5.75 Å². The summed E-state index contributed by atoms with van der Waals surface area (Å²) in [7, 11) is 1.34. The van der Waals surface area contributed by atoms with Crippen LogP contribution in [0.1, 0.15) is 18.1 Å². The fourth-order valence-corrected chi connectivity index (χ4v) is 3.07. The highest BCUT2D eigenvalue weighted by Gasteiger charge is 2.35. The fourth-order valence-electron chi connectivity index (χ4n) is 2.89. The van der Waals surface area contributed by atoms with Crippen molar-refractivity contribution in [2.45, 2.75) is 13.8 Å². The Labute approximate surface area is 176 Å². The monoisotopic (exact) mass is 431 g/mol. The van der Waals surface area contributed by atoms with Crippen molar-refractivity contribution >= 4 is 40.9 Å². The van der Waals surface area contributed by atoms with Gasteiger partial charge in [0.2, 0.25) is 5.75 Å². The minimum Gasteiger partial charge on any atom is -0.493 e. The van der Waals surface area contributed by atoms with Gasteiger partial charge >= 0.3 is 5.69 Å². The predicted molar refractivity (Wildman–Crippen MR) is 111 cm³/mol. The number of halogens is 1. The zero-order chi connectivity index (χ0) is 22.0. The third-order valence-corrected chi connectivity index (χ3v) is 4.79. The molecule has 1 fully saturated rings. The van der Waals surface area contributed by atoms with Crippen molar-refractivity contribution in [1.82, 2.24) is 5.43 Å². The fraction of sp³-hybridized carbons (Fsp3) is 0.200. The molecule has 0 saturated carbocycles. The van der Waals surface area contributed by atoms with Gasteiger partial charge in [0, 0.05) is 11.1 Å². The summed E-state index contributed by atoms with van der Waals surface area (Å²) in [4.78, 5) is 36.0. The van der Waals surface area contributed by atoms with Crippen molar-refractivity contribution in [2.75, 3.05) is 18.7 Å². The lowest BCUT2D eigenvalue weighted by molar-refractivity contribution is -0.385. The first kappa shape index (κ1) is 21.1. The molecule has 0 bridgehead atoms. The zero-order valence-corrected chi connectivity index (χ0v) is 17.1. The number of carbonyl (C=O) groups is 2. The highest BCUT2D eigenvalue weighted by Crippen LogP contribution is 2.39. The zero-order valence-electron chi connectivity index (χ0n) is 16.4. The van der Waals surface area contributed by atoms with E-state index in [1.54, 1.807) is 25.1 Å². The van der Waals surface area contributed by atoms with Crippen molar-refractivity contribution in [2.24, 2.45) is 0 Å². The van der Waals surface area contributed by atoms with E-state index in [4.69, 9.17) is 21.1 Å². The Balaban J connectivity index is 2.03. The molecule has 3 rings (SSSR count). The number of hydrogen-bond acceptors (Lipinski definition) is 6. The number of amides is 2. The van der Waals surface area contributed by atoms with Crippen molar-refractivity contribution < 1.29 is 24.0 Å². The lowest BCUT2D eigenvalue weighted by atomic mass is 10.1. The van der Waals surface area contributed by atoms with Crippen molar-refractivity contribution in [1.29, 1.82) is 0 Å². The average molecular weight is 432 g/mol. The van der Waals surface area contributed by atoms with Crippen LogP contribution in [-0.4, -0.2) is 30.5 Å². The minimum atomic E-state index is -0.646. The van der Waals surface area contributed by atoms with Gasteiger partial charge in [-0.1, -0.05) is 17.7 Å². The smallest absolute Gasteiger partial charge is 0.315 e. The molecule has 0 radical (unpaired) electrons. The summed E-state index contributed by atoms with van der Waals surface area (Å²) in [6.07, 6.45) is 1.26. The van der Waals surface area contributed by atoms with Gasteiger partial charge in [-0.15, -0.1) is 0 Å². The number of hydrogen-bond donors (Lipinski definition) is 1. The van der Waals surface area contributed by atoms with Crippen LogP contribution in [0.5, 0.6) is 11.5 Å². The second kappa shape index (κ2) is 8.42. The first-order chi connectivity index (χ1) is 14.3. The largest absolute Gasteiger partial charge is 0.493 e. The second-order valence-corrected chi connectivity index (χ2v) is 6.74. The molecule has 2 aromatic carbocycles. The summed E-state index contributed by atoms with van der Waals surface area (Å²) in [5.41, 5.74) is 3.39. The van der Waals surface area contributed by atoms with Gasteiger partial charge < -0.3 is 9.47 Å². The van der Waals surface area contributed by atoms with E-state index in [1.807, 2.05) is 6.92 Å². The Kier molecular flexibility index (Phi) is 5.93. The van der Waals surface area contributed by atoms with Crippen LogP contribution in [0.4, 0.5) is 11.4 Å². The number of nitro benzene ring substituents is 1. The maximum atomic E-state index is 12.8. The van der Waals surface area contributed by atoms with Crippen LogP contribution in [0, 0.1) is 17.0 Å². The molecule has 30 heavy (non-hydrogen) atoms. The van der Waals surface area contributed by atoms with Gasteiger partial charge in [0.05, 0.1) is 24.3 Å². The van der Waals surface area contributed by atoms with Crippen molar-refractivity contribution in [3.8, 4) is 11.5 Å². The lowest BCUT2D eigenvalue weighted by Gasteiger charge is -2.15. The Morgan fingerprint density at radius 1 is 1.27 bits per heavy atom. The van der Waals surface area contributed by atoms with Crippen LogP contribution in [0.25, 0.3) is 6.08 Å². The van der Waals surface area contributed by atoms with E-state index < -0.39 is 16.7 Å². The third-order valence-electron chi connectivity index (χ3n) is 4.38. The number of nitrogens with one attached hydrogen (secondary N) is 1. The first-order valence-corrected chi connectivity index (χ1v) is 9.27. The van der Waals surface area contributed by atoms with E-state index in [0.29, 0.717) is 10.7 Å². The van der Waals surface area contributed by atoms with Crippen molar-refractivity contribution in [3.63, 3.8) is 0 Å². The predicted octanol–water partition coefficient (Wildman–Crippen LogP) is 3.43. The molecule has 156 valence electrons. The van der Waals surface area contributed by atoms with Crippen LogP contribution in [0.2, 0.25) is 5.02 Å². The van der Waals surface area contributed by atoms with Crippen LogP contribution in [-0.2, 0) is 9.59 Å². The summed E-state index contributed by atoms with van der Waals surface area (Å²) in [5.74, 6) is -1.17. The Bertz CT molecular complexity index is 1080. The molecule has 1 saturated heterocycles.